The van der Waals surface area contributed by atoms with Gasteiger partial charge in [-0.05, 0) is 12.1 Å². The topological polar surface area (TPSA) is 33.1 Å². The summed E-state index contributed by atoms with van der Waals surface area (Å²) in [5, 5.41) is 8.91. The monoisotopic (exact) mass is 149 g/mol. The van der Waals surface area contributed by atoms with Gasteiger partial charge in [-0.2, -0.15) is 0 Å². The molecule has 0 saturated carbocycles. The maximum absolute atomic E-state index is 12.4. The first-order valence-corrected chi connectivity index (χ1v) is 2.30. The number of halogens is 2. The van der Waals surface area contributed by atoms with Crippen molar-refractivity contribution in [3.8, 4) is 5.75 Å². The van der Waals surface area contributed by atoms with E-state index in [1.54, 1.807) is 0 Å². The number of aromatic nitrogens is 1. The van der Waals surface area contributed by atoms with E-state index in [4.69, 9.17) is 10.6 Å². The van der Waals surface area contributed by atoms with Gasteiger partial charge in [0.1, 0.15) is 12.8 Å². The highest BCUT2D eigenvalue weighted by atomic mass is 19.3. The highest BCUT2D eigenvalue weighted by Gasteiger charge is 2.06. The fourth-order valence-corrected chi connectivity index (χ4v) is 0.373. The molecule has 0 spiro atoms. The molecule has 1 aromatic heterocycles. The summed E-state index contributed by atoms with van der Waals surface area (Å²) in [7, 11) is 0. The van der Waals surface area contributed by atoms with Crippen LogP contribution in [-0.4, -0.2) is 10.1 Å². The first-order valence-electron chi connectivity index (χ1n) is 4.30. The molecule has 0 aliphatic rings. The summed E-state index contributed by atoms with van der Waals surface area (Å²) >= 11 is 0. The first-order chi connectivity index (χ1) is 6.25. The average molecular weight is 149 g/mol. The van der Waals surface area contributed by atoms with Crippen molar-refractivity contribution < 1.29 is 19.4 Å². The molecule has 0 aromatic carbocycles. The van der Waals surface area contributed by atoms with Gasteiger partial charge in [-0.15, -0.1) is 0 Å². The van der Waals surface area contributed by atoms with Gasteiger partial charge in [-0.25, -0.2) is 8.78 Å². The molecule has 1 N–H and O–H groups in total. The molecule has 0 bridgehead atoms. The Hall–Kier alpha value is -1.19. The highest BCUT2D eigenvalue weighted by Crippen LogP contribution is 2.17. The Kier molecular flexibility index (Phi) is 0.850. The second kappa shape index (κ2) is 2.60. The van der Waals surface area contributed by atoms with E-state index in [2.05, 4.69) is 4.98 Å². The molecule has 54 valence electrons. The zero-order chi connectivity index (χ0) is 11.1. The smallest absolute Gasteiger partial charge is 0.280 e. The Labute approximate surface area is 61.8 Å². The van der Waals surface area contributed by atoms with Crippen LogP contribution >= 0.6 is 0 Å². The Morgan fingerprint density at radius 2 is 2.40 bits per heavy atom. The lowest BCUT2D eigenvalue weighted by Crippen LogP contribution is -1.86. The van der Waals surface area contributed by atoms with Crippen LogP contribution in [0.3, 0.4) is 0 Å². The quantitative estimate of drug-likeness (QED) is 0.659. The van der Waals surface area contributed by atoms with Gasteiger partial charge in [0, 0.05) is 0 Å². The van der Waals surface area contributed by atoms with Crippen LogP contribution in [0.5, 0.6) is 5.75 Å². The Morgan fingerprint density at radius 3 is 3.00 bits per heavy atom. The third-order valence-electron chi connectivity index (χ3n) is 0.752. The number of rotatable bonds is 1. The molecule has 0 saturated heterocycles. The summed E-state index contributed by atoms with van der Waals surface area (Å²) < 4.78 is 52.1. The maximum atomic E-state index is 12.4. The summed E-state index contributed by atoms with van der Waals surface area (Å²) in [6, 6.07) is -1.97. The summed E-state index contributed by atoms with van der Waals surface area (Å²) in [4.78, 5) is 2.88. The molecule has 2 nitrogen and oxygen atoms in total. The minimum atomic E-state index is -4.14. The molecular formula is C6H5F2NO. The number of hydrogen-bond acceptors (Lipinski definition) is 2. The predicted octanol–water partition coefficient (Wildman–Crippen LogP) is 1.72. The molecule has 1 heterocycles. The summed E-state index contributed by atoms with van der Waals surface area (Å²) in [5.41, 5.74) is -1.30. The van der Waals surface area contributed by atoms with Crippen molar-refractivity contribution >= 4 is 0 Å². The van der Waals surface area contributed by atoms with Gasteiger partial charge in [-0.1, -0.05) is 0 Å². The molecule has 0 unspecified atom stereocenters. The fraction of sp³-hybridized carbons (Fsp3) is 0.167. The molecule has 10 heavy (non-hydrogen) atoms. The van der Waals surface area contributed by atoms with E-state index in [0.717, 1.165) is 0 Å². The molecule has 0 fully saturated rings. The lowest BCUT2D eigenvalue weighted by molar-refractivity contribution is 0.146. The van der Waals surface area contributed by atoms with Crippen molar-refractivity contribution in [3.63, 3.8) is 0 Å². The molecule has 0 aliphatic carbocycles. The van der Waals surface area contributed by atoms with Crippen molar-refractivity contribution in [2.75, 3.05) is 0 Å². The Bertz CT molecular complexity index is 379. The summed E-state index contributed by atoms with van der Waals surface area (Å²) in [6.07, 6.45) is -5.08. The van der Waals surface area contributed by atoms with Crippen LogP contribution < -0.4 is 0 Å². The van der Waals surface area contributed by atoms with Crippen LogP contribution in [0.1, 0.15) is 17.6 Å². The van der Waals surface area contributed by atoms with E-state index in [1.807, 2.05) is 0 Å². The van der Waals surface area contributed by atoms with Crippen LogP contribution in [0.2, 0.25) is 0 Å². The fourth-order valence-electron chi connectivity index (χ4n) is 0.373. The Morgan fingerprint density at radius 1 is 1.70 bits per heavy atom. The third kappa shape index (κ3) is 1.40. The minimum absolute atomic E-state index is 0.924. The molecule has 1 aromatic rings. The van der Waals surface area contributed by atoms with Gasteiger partial charge >= 0.3 is 0 Å². The molecule has 0 radical (unpaired) electrons. The predicted molar refractivity (Wildman–Crippen MR) is 30.9 cm³/mol. The summed E-state index contributed by atoms with van der Waals surface area (Å²) in [6.45, 7) is 0. The van der Waals surface area contributed by atoms with Gasteiger partial charge in [-0.3, -0.25) is 4.98 Å². The van der Waals surface area contributed by atoms with E-state index in [-0.39, 0.29) is 0 Å². The van der Waals surface area contributed by atoms with E-state index in [1.165, 1.54) is 0 Å². The molecule has 0 aliphatic heterocycles. The number of hydrogen-bond donors (Lipinski definition) is 1. The lowest BCUT2D eigenvalue weighted by Gasteiger charge is -1.95. The zero-order valence-electron chi connectivity index (χ0n) is 8.65. The molecule has 0 amide bonds. The van der Waals surface area contributed by atoms with Crippen LogP contribution in [0.25, 0.3) is 0 Å². The van der Waals surface area contributed by atoms with Crippen molar-refractivity contribution in [3.05, 3.63) is 24.0 Å². The van der Waals surface area contributed by atoms with Gasteiger partial charge in [0.2, 0.25) is 0 Å². The number of nitrogens with zero attached hydrogens (tertiary/aromatic N) is 1. The number of aromatic hydroxyl groups is 1. The van der Waals surface area contributed by atoms with E-state index < -0.39 is 36.1 Å². The molecule has 4 heteroatoms. The Balaban J connectivity index is 3.49. The number of pyridine rings is 1. The second-order valence-corrected chi connectivity index (χ2v) is 1.43. The van der Waals surface area contributed by atoms with Gasteiger partial charge in [0.05, 0.1) is 10.3 Å². The lowest BCUT2D eigenvalue weighted by atomic mass is 10.3. The van der Waals surface area contributed by atoms with Crippen molar-refractivity contribution in [2.24, 2.45) is 0 Å². The number of alkyl halides is 2. The molecule has 0 atom stereocenters. The van der Waals surface area contributed by atoms with Crippen LogP contribution in [0.4, 0.5) is 8.78 Å². The van der Waals surface area contributed by atoms with Gasteiger partial charge < -0.3 is 5.11 Å². The average Bonchev–Trinajstić information content (AvgIpc) is 2.06. The van der Waals surface area contributed by atoms with Crippen molar-refractivity contribution in [2.45, 2.75) is 6.40 Å². The summed E-state index contributed by atoms with van der Waals surface area (Å²) in [5.74, 6) is -0.942. The molecule has 1 rings (SSSR count). The van der Waals surface area contributed by atoms with E-state index in [9.17, 15) is 8.78 Å². The van der Waals surface area contributed by atoms with Crippen LogP contribution in [0.15, 0.2) is 18.3 Å². The van der Waals surface area contributed by atoms with E-state index in [0.29, 0.717) is 0 Å². The van der Waals surface area contributed by atoms with Crippen molar-refractivity contribution in [1.29, 1.82) is 0 Å². The highest BCUT2D eigenvalue weighted by molar-refractivity contribution is 5.18. The van der Waals surface area contributed by atoms with Gasteiger partial charge in [0.15, 0.2) is 0 Å². The standard InChI is InChI=1S/C6H5F2NO/c7-6(8)5-2-1-4(10)3-9-5/h1-3,6,10H/i1D,2D,3D,6D. The van der Waals surface area contributed by atoms with Crippen LogP contribution in [0, 0.1) is 0 Å². The molecular weight excluding hydrogens is 140 g/mol. The first kappa shape index (κ1) is 3.27. The zero-order valence-corrected chi connectivity index (χ0v) is 4.65. The van der Waals surface area contributed by atoms with Gasteiger partial charge in [0.25, 0.3) is 6.40 Å². The minimum Gasteiger partial charge on any atom is -0.506 e. The van der Waals surface area contributed by atoms with Crippen molar-refractivity contribution in [1.82, 2.24) is 4.98 Å². The normalized spacial score (nSPS) is 17.0. The maximum Gasteiger partial charge on any atom is 0.280 e. The SMILES string of the molecule is [2H]c1nc(C([2H])(F)F)c([2H])c([2H])c1O. The van der Waals surface area contributed by atoms with E-state index >= 15 is 0 Å². The largest absolute Gasteiger partial charge is 0.506 e. The third-order valence-corrected chi connectivity index (χ3v) is 0.752. The second-order valence-electron chi connectivity index (χ2n) is 1.43. The van der Waals surface area contributed by atoms with Crippen LogP contribution in [-0.2, 0) is 0 Å².